The Morgan fingerprint density at radius 1 is 1.03 bits per heavy atom. The first kappa shape index (κ1) is 24.6. The maximum absolute atomic E-state index is 13.6. The van der Waals surface area contributed by atoms with Crippen molar-refractivity contribution in [2.45, 2.75) is 19.4 Å². The third-order valence-electron chi connectivity index (χ3n) is 7.47. The number of nitrogens with one attached hydrogen (secondary N) is 2. The van der Waals surface area contributed by atoms with Crippen LogP contribution in [0.5, 0.6) is 0 Å². The minimum absolute atomic E-state index is 0.310. The van der Waals surface area contributed by atoms with Gasteiger partial charge in [0, 0.05) is 36.9 Å². The maximum Gasteiger partial charge on any atom is 0.299 e. The molecule has 39 heavy (non-hydrogen) atoms. The number of rotatable bonds is 6. The van der Waals surface area contributed by atoms with Gasteiger partial charge in [-0.05, 0) is 67.4 Å². The van der Waals surface area contributed by atoms with E-state index in [1.807, 2.05) is 73.7 Å². The lowest BCUT2D eigenvalue weighted by atomic mass is 9.93. The van der Waals surface area contributed by atoms with E-state index in [0.29, 0.717) is 11.5 Å². The number of hydrogen-bond donors (Lipinski definition) is 2. The molecule has 8 heteroatoms. The van der Waals surface area contributed by atoms with Crippen molar-refractivity contribution in [2.75, 3.05) is 29.9 Å². The average molecular weight is 520 g/mol. The highest BCUT2D eigenvalue weighted by atomic mass is 16.3. The highest BCUT2D eigenvalue weighted by molar-refractivity contribution is 6.47. The summed E-state index contributed by atoms with van der Waals surface area (Å²) in [6, 6.07) is 23.0. The monoisotopic (exact) mass is 519 g/mol. The number of pyridine rings is 2. The van der Waals surface area contributed by atoms with Crippen molar-refractivity contribution < 1.29 is 14.0 Å². The molecule has 0 radical (unpaired) electrons. The fraction of sp³-hybridized carbons (Fsp3) is 0.194. The second-order valence-electron chi connectivity index (χ2n) is 9.98. The number of piperazine rings is 1. The van der Waals surface area contributed by atoms with Gasteiger partial charge >= 0.3 is 0 Å². The number of amides is 1. The summed E-state index contributed by atoms with van der Waals surface area (Å²) in [6.07, 6.45) is 5.20. The zero-order chi connectivity index (χ0) is 27.0. The largest absolute Gasteiger partial charge is 0.467 e. The Morgan fingerprint density at radius 2 is 1.87 bits per heavy atom. The molecule has 196 valence electrons. The molecule has 1 aromatic carbocycles. The van der Waals surface area contributed by atoms with Gasteiger partial charge in [-0.15, -0.1) is 0 Å². The maximum atomic E-state index is 13.6. The van der Waals surface area contributed by atoms with Crippen molar-refractivity contribution >= 4 is 28.7 Å². The number of aryl methyl sites for hydroxylation is 1. The number of anilines is 2. The number of benzene rings is 1. The quantitative estimate of drug-likeness (QED) is 0.241. The van der Waals surface area contributed by atoms with Gasteiger partial charge in [-0.25, -0.2) is 4.98 Å². The number of hydrogen-bond acceptors (Lipinski definition) is 6. The van der Waals surface area contributed by atoms with Gasteiger partial charge in [0.2, 0.25) is 0 Å². The summed E-state index contributed by atoms with van der Waals surface area (Å²) < 4.78 is 7.51. The van der Waals surface area contributed by atoms with Crippen LogP contribution in [0.4, 0.5) is 11.5 Å². The van der Waals surface area contributed by atoms with Crippen LogP contribution in [-0.2, 0) is 10.3 Å². The molecule has 1 atom stereocenters. The van der Waals surface area contributed by atoms with E-state index < -0.39 is 11.7 Å². The molecular weight excluding hydrogens is 490 g/mol. The number of ketones is 1. The predicted octanol–water partition coefficient (Wildman–Crippen LogP) is 5.05. The van der Waals surface area contributed by atoms with Gasteiger partial charge < -0.3 is 24.4 Å². The lowest BCUT2D eigenvalue weighted by molar-refractivity contribution is -0.112. The minimum atomic E-state index is -0.739. The van der Waals surface area contributed by atoms with Gasteiger partial charge in [0.25, 0.3) is 11.7 Å². The van der Waals surface area contributed by atoms with Crippen molar-refractivity contribution in [1.29, 1.82) is 0 Å². The summed E-state index contributed by atoms with van der Waals surface area (Å²) >= 11 is 0. The van der Waals surface area contributed by atoms with Crippen molar-refractivity contribution in [3.8, 4) is 11.1 Å². The van der Waals surface area contributed by atoms with Gasteiger partial charge in [0.15, 0.2) is 0 Å². The van der Waals surface area contributed by atoms with Crippen LogP contribution >= 0.6 is 0 Å². The van der Waals surface area contributed by atoms with Gasteiger partial charge in [-0.1, -0.05) is 30.3 Å². The Labute approximate surface area is 226 Å². The van der Waals surface area contributed by atoms with Crippen molar-refractivity contribution in [3.63, 3.8) is 0 Å². The number of aromatic nitrogens is 2. The summed E-state index contributed by atoms with van der Waals surface area (Å²) in [7, 11) is 0. The molecule has 5 heterocycles. The number of furan rings is 1. The van der Waals surface area contributed by atoms with Gasteiger partial charge in [0.05, 0.1) is 18.1 Å². The Balaban J connectivity index is 1.27. The predicted molar refractivity (Wildman–Crippen MR) is 151 cm³/mol. The molecule has 1 aliphatic rings. The van der Waals surface area contributed by atoms with E-state index in [-0.39, 0.29) is 5.54 Å². The molecule has 4 aromatic heterocycles. The molecule has 8 nitrogen and oxygen atoms in total. The zero-order valence-corrected chi connectivity index (χ0v) is 21.8. The van der Waals surface area contributed by atoms with Crippen molar-refractivity contribution in [1.82, 2.24) is 14.7 Å². The first-order valence-corrected chi connectivity index (χ1v) is 13.0. The number of Topliss-reactive ketones (excluding diaryl/α,β-unsaturated/α-hetero) is 1. The lowest BCUT2D eigenvalue weighted by Crippen LogP contribution is -2.57. The summed E-state index contributed by atoms with van der Waals surface area (Å²) in [4.78, 5) is 33.5. The fourth-order valence-electron chi connectivity index (χ4n) is 5.42. The molecule has 0 spiro atoms. The molecular formula is C31H29N5O3. The summed E-state index contributed by atoms with van der Waals surface area (Å²) in [5, 5.41) is 6.14. The molecule has 0 saturated carbocycles. The molecule has 1 saturated heterocycles. The number of carbonyl (C=O) groups is 2. The van der Waals surface area contributed by atoms with Crippen molar-refractivity contribution in [2.24, 2.45) is 0 Å². The van der Waals surface area contributed by atoms with Crippen LogP contribution in [0, 0.1) is 6.92 Å². The van der Waals surface area contributed by atoms with E-state index in [9.17, 15) is 9.59 Å². The first-order valence-electron chi connectivity index (χ1n) is 13.0. The van der Waals surface area contributed by atoms with Crippen LogP contribution < -0.4 is 15.5 Å². The van der Waals surface area contributed by atoms with Crippen LogP contribution in [0.15, 0.2) is 95.9 Å². The van der Waals surface area contributed by atoms with Crippen LogP contribution in [0.3, 0.4) is 0 Å². The molecule has 0 aliphatic carbocycles. The molecule has 5 aromatic rings. The summed E-state index contributed by atoms with van der Waals surface area (Å²) in [5.41, 5.74) is 4.34. The van der Waals surface area contributed by atoms with Crippen LogP contribution in [-0.4, -0.2) is 40.7 Å². The third kappa shape index (κ3) is 4.38. The molecule has 0 bridgehead atoms. The van der Waals surface area contributed by atoms with Crippen LogP contribution in [0.1, 0.15) is 28.7 Å². The number of carbonyl (C=O) groups excluding carboxylic acids is 2. The highest BCUT2D eigenvalue weighted by Crippen LogP contribution is 2.35. The first-order chi connectivity index (χ1) is 19.0. The Kier molecular flexibility index (Phi) is 6.24. The molecule has 1 unspecified atom stereocenters. The van der Waals surface area contributed by atoms with E-state index in [0.717, 1.165) is 53.3 Å². The van der Waals surface area contributed by atoms with Gasteiger partial charge in [-0.2, -0.15) is 0 Å². The van der Waals surface area contributed by atoms with Crippen LogP contribution in [0.25, 0.3) is 16.6 Å². The summed E-state index contributed by atoms with van der Waals surface area (Å²) in [5.74, 6) is -0.193. The lowest BCUT2D eigenvalue weighted by Gasteiger charge is -2.45. The van der Waals surface area contributed by atoms with E-state index in [1.165, 1.54) is 0 Å². The van der Waals surface area contributed by atoms with E-state index in [4.69, 9.17) is 4.42 Å². The SMILES string of the molecule is Cc1ccccc1-c1cc2ccccn2c1C(=O)C(=O)Nc1ccc(N2CCNCC2(C)c2ccco2)cn1. The van der Waals surface area contributed by atoms with Crippen LogP contribution in [0.2, 0.25) is 0 Å². The Hall–Kier alpha value is -4.69. The average Bonchev–Trinajstić information content (AvgIpc) is 3.63. The fourth-order valence-corrected chi connectivity index (χ4v) is 5.42. The topological polar surface area (TPSA) is 91.9 Å². The summed E-state index contributed by atoms with van der Waals surface area (Å²) in [6.45, 7) is 6.44. The highest BCUT2D eigenvalue weighted by Gasteiger charge is 2.39. The van der Waals surface area contributed by atoms with E-state index in [1.54, 1.807) is 29.1 Å². The van der Waals surface area contributed by atoms with E-state index in [2.05, 4.69) is 27.4 Å². The molecule has 1 fully saturated rings. The van der Waals surface area contributed by atoms with Gasteiger partial charge in [0.1, 0.15) is 22.8 Å². The zero-order valence-electron chi connectivity index (χ0n) is 21.8. The Morgan fingerprint density at radius 3 is 2.64 bits per heavy atom. The standard InChI is InChI=1S/C31H29N5O3/c1-21-8-3-4-10-24(21)25-18-22-9-5-6-15-35(22)28(25)29(37)30(38)34-27-13-12-23(19-33-27)36-16-14-32-20-31(36,2)26-11-7-17-39-26/h3-13,15,17-19,32H,14,16,20H2,1-2H3,(H,33,34,38). The molecule has 1 amide bonds. The van der Waals surface area contributed by atoms with Crippen molar-refractivity contribution in [3.05, 3.63) is 108 Å². The number of nitrogens with zero attached hydrogens (tertiary/aromatic N) is 3. The van der Waals surface area contributed by atoms with E-state index >= 15 is 0 Å². The normalized spacial score (nSPS) is 17.3. The smallest absolute Gasteiger partial charge is 0.299 e. The second kappa shape index (κ2) is 9.89. The minimum Gasteiger partial charge on any atom is -0.467 e. The van der Waals surface area contributed by atoms with Gasteiger partial charge in [-0.3, -0.25) is 9.59 Å². The number of fused-ring (bicyclic) bond motifs is 1. The second-order valence-corrected chi connectivity index (χ2v) is 9.98. The third-order valence-corrected chi connectivity index (χ3v) is 7.47. The molecule has 6 rings (SSSR count). The molecule has 1 aliphatic heterocycles. The Bertz CT molecular complexity index is 1660. The molecule has 2 N–H and O–H groups in total.